The predicted octanol–water partition coefficient (Wildman–Crippen LogP) is 3.13. The molecule has 0 bridgehead atoms. The number of hydrogen-bond acceptors (Lipinski definition) is 4. The Balaban J connectivity index is 2.42. The first-order chi connectivity index (χ1) is 7.20. The predicted molar refractivity (Wildman–Crippen MR) is 60.6 cm³/mol. The number of thiophene rings is 1. The number of fused-ring (bicyclic) bond motifs is 1. The van der Waals surface area contributed by atoms with Gasteiger partial charge in [-0.05, 0) is 24.4 Å². The molecule has 0 radical (unpaired) electrons. The second-order valence-electron chi connectivity index (χ2n) is 2.88. The Kier molecular flexibility index (Phi) is 2.88. The Bertz CT molecular complexity index is 509. The van der Waals surface area contributed by atoms with E-state index in [0.29, 0.717) is 16.6 Å². The average Bonchev–Trinajstić information content (AvgIpc) is 2.60. The van der Waals surface area contributed by atoms with Gasteiger partial charge >= 0.3 is 5.97 Å². The fourth-order valence-corrected chi connectivity index (χ4v) is 2.29. The van der Waals surface area contributed by atoms with Gasteiger partial charge in [0.05, 0.1) is 11.3 Å². The minimum Gasteiger partial charge on any atom is -0.462 e. The highest BCUT2D eigenvalue weighted by Gasteiger charge is 2.11. The molecule has 2 heterocycles. The minimum atomic E-state index is -0.296. The highest BCUT2D eigenvalue weighted by molar-refractivity contribution is 7.20. The van der Waals surface area contributed by atoms with Crippen molar-refractivity contribution in [3.05, 3.63) is 28.4 Å². The van der Waals surface area contributed by atoms with Crippen molar-refractivity contribution in [2.45, 2.75) is 6.92 Å². The van der Waals surface area contributed by atoms with Crippen LogP contribution < -0.4 is 0 Å². The Morgan fingerprint density at radius 3 is 3.13 bits per heavy atom. The molecule has 2 aromatic heterocycles. The smallest absolute Gasteiger partial charge is 0.348 e. The van der Waals surface area contributed by atoms with Crippen molar-refractivity contribution >= 4 is 39.0 Å². The molecule has 0 aliphatic heterocycles. The topological polar surface area (TPSA) is 39.2 Å². The van der Waals surface area contributed by atoms with Crippen LogP contribution in [0.1, 0.15) is 16.6 Å². The van der Waals surface area contributed by atoms with Crippen LogP contribution in [0.2, 0.25) is 5.15 Å². The molecule has 5 heteroatoms. The number of halogens is 1. The summed E-state index contributed by atoms with van der Waals surface area (Å²) >= 11 is 7.10. The highest BCUT2D eigenvalue weighted by Crippen LogP contribution is 2.27. The van der Waals surface area contributed by atoms with Gasteiger partial charge in [-0.25, -0.2) is 9.78 Å². The van der Waals surface area contributed by atoms with Crippen LogP contribution >= 0.6 is 22.9 Å². The number of carbonyl (C=O) groups excluding carboxylic acids is 1. The normalized spacial score (nSPS) is 10.5. The van der Waals surface area contributed by atoms with Gasteiger partial charge in [0.25, 0.3) is 0 Å². The van der Waals surface area contributed by atoms with Crippen molar-refractivity contribution in [3.63, 3.8) is 0 Å². The molecule has 0 aromatic carbocycles. The summed E-state index contributed by atoms with van der Waals surface area (Å²) in [4.78, 5) is 16.0. The average molecular weight is 242 g/mol. The van der Waals surface area contributed by atoms with E-state index in [9.17, 15) is 4.79 Å². The second kappa shape index (κ2) is 4.16. The Hall–Kier alpha value is -1.13. The van der Waals surface area contributed by atoms with Crippen LogP contribution in [0, 0.1) is 0 Å². The van der Waals surface area contributed by atoms with Crippen LogP contribution in [0.25, 0.3) is 10.1 Å². The molecule has 0 fully saturated rings. The van der Waals surface area contributed by atoms with Crippen LogP contribution in [0.3, 0.4) is 0 Å². The lowest BCUT2D eigenvalue weighted by Gasteiger charge is -1.95. The fourth-order valence-electron chi connectivity index (χ4n) is 1.22. The lowest BCUT2D eigenvalue weighted by Crippen LogP contribution is -2.01. The number of aromatic nitrogens is 1. The van der Waals surface area contributed by atoms with Gasteiger partial charge in [-0.1, -0.05) is 11.6 Å². The summed E-state index contributed by atoms with van der Waals surface area (Å²) in [5.74, 6) is -0.296. The van der Waals surface area contributed by atoms with Gasteiger partial charge in [0, 0.05) is 6.20 Å². The van der Waals surface area contributed by atoms with E-state index in [1.165, 1.54) is 11.3 Å². The molecule has 2 rings (SSSR count). The molecule has 3 nitrogen and oxygen atoms in total. The molecule has 0 atom stereocenters. The van der Waals surface area contributed by atoms with E-state index in [-0.39, 0.29) is 5.97 Å². The third-order valence-electron chi connectivity index (χ3n) is 1.85. The molecule has 15 heavy (non-hydrogen) atoms. The SMILES string of the molecule is CCOC(=O)c1cc2cc(Cl)ncc2s1. The molecule has 0 saturated carbocycles. The van der Waals surface area contributed by atoms with Crippen molar-refractivity contribution in [1.29, 1.82) is 0 Å². The second-order valence-corrected chi connectivity index (χ2v) is 4.35. The first-order valence-corrected chi connectivity index (χ1v) is 5.62. The lowest BCUT2D eigenvalue weighted by molar-refractivity contribution is 0.0532. The summed E-state index contributed by atoms with van der Waals surface area (Å²) < 4.78 is 5.84. The first kappa shape index (κ1) is 10.4. The number of nitrogens with zero attached hydrogens (tertiary/aromatic N) is 1. The van der Waals surface area contributed by atoms with E-state index in [4.69, 9.17) is 16.3 Å². The zero-order valence-electron chi connectivity index (χ0n) is 7.99. The number of esters is 1. The Morgan fingerprint density at radius 2 is 2.40 bits per heavy atom. The highest BCUT2D eigenvalue weighted by atomic mass is 35.5. The van der Waals surface area contributed by atoms with Gasteiger partial charge < -0.3 is 4.74 Å². The van der Waals surface area contributed by atoms with Gasteiger partial charge in [0.2, 0.25) is 0 Å². The zero-order valence-corrected chi connectivity index (χ0v) is 9.56. The molecule has 78 valence electrons. The number of ether oxygens (including phenoxy) is 1. The van der Waals surface area contributed by atoms with Gasteiger partial charge in [0.15, 0.2) is 0 Å². The van der Waals surface area contributed by atoms with Crippen molar-refractivity contribution in [3.8, 4) is 0 Å². The monoisotopic (exact) mass is 241 g/mol. The van der Waals surface area contributed by atoms with Crippen molar-refractivity contribution in [2.75, 3.05) is 6.61 Å². The van der Waals surface area contributed by atoms with Crippen LogP contribution in [-0.2, 0) is 4.74 Å². The molecule has 0 N–H and O–H groups in total. The summed E-state index contributed by atoms with van der Waals surface area (Å²) in [7, 11) is 0. The van der Waals surface area contributed by atoms with E-state index >= 15 is 0 Å². The molecular weight excluding hydrogens is 234 g/mol. The summed E-state index contributed by atoms with van der Waals surface area (Å²) in [6.45, 7) is 2.16. The zero-order chi connectivity index (χ0) is 10.8. The lowest BCUT2D eigenvalue weighted by atomic mass is 10.3. The van der Waals surface area contributed by atoms with Crippen LogP contribution in [0.15, 0.2) is 18.3 Å². The first-order valence-electron chi connectivity index (χ1n) is 4.43. The van der Waals surface area contributed by atoms with Gasteiger partial charge in [-0.3, -0.25) is 0 Å². The number of carbonyl (C=O) groups is 1. The van der Waals surface area contributed by atoms with E-state index in [2.05, 4.69) is 4.98 Å². The summed E-state index contributed by atoms with van der Waals surface area (Å²) in [5, 5.41) is 1.35. The minimum absolute atomic E-state index is 0.296. The summed E-state index contributed by atoms with van der Waals surface area (Å²) in [5.41, 5.74) is 0. The van der Waals surface area contributed by atoms with E-state index in [1.54, 1.807) is 25.3 Å². The fraction of sp³-hybridized carbons (Fsp3) is 0.200. The molecule has 0 aliphatic rings. The maximum atomic E-state index is 11.4. The molecular formula is C10H8ClNO2S. The summed E-state index contributed by atoms with van der Waals surface area (Å²) in [6, 6.07) is 3.50. The van der Waals surface area contributed by atoms with Crippen LogP contribution in [0.5, 0.6) is 0 Å². The van der Waals surface area contributed by atoms with Crippen LogP contribution in [-0.4, -0.2) is 17.6 Å². The number of pyridine rings is 1. The maximum Gasteiger partial charge on any atom is 0.348 e. The quantitative estimate of drug-likeness (QED) is 0.599. The Morgan fingerprint density at radius 1 is 1.60 bits per heavy atom. The third-order valence-corrected chi connectivity index (χ3v) is 3.12. The molecule has 0 aliphatic carbocycles. The summed E-state index contributed by atoms with van der Waals surface area (Å²) in [6.07, 6.45) is 1.66. The van der Waals surface area contributed by atoms with Crippen molar-refractivity contribution in [1.82, 2.24) is 4.98 Å². The number of hydrogen-bond donors (Lipinski definition) is 0. The van der Waals surface area contributed by atoms with Gasteiger partial charge in [0.1, 0.15) is 10.0 Å². The van der Waals surface area contributed by atoms with E-state index < -0.39 is 0 Å². The number of rotatable bonds is 2. The van der Waals surface area contributed by atoms with E-state index in [0.717, 1.165) is 10.1 Å². The molecule has 0 unspecified atom stereocenters. The third kappa shape index (κ3) is 2.11. The molecule has 0 saturated heterocycles. The van der Waals surface area contributed by atoms with Crippen molar-refractivity contribution in [2.24, 2.45) is 0 Å². The maximum absolute atomic E-state index is 11.4. The largest absolute Gasteiger partial charge is 0.462 e. The van der Waals surface area contributed by atoms with Gasteiger partial charge in [-0.2, -0.15) is 0 Å². The van der Waals surface area contributed by atoms with E-state index in [1.807, 2.05) is 0 Å². The van der Waals surface area contributed by atoms with Gasteiger partial charge in [-0.15, -0.1) is 11.3 Å². The molecule has 0 spiro atoms. The standard InChI is InChI=1S/C10H8ClNO2S/c1-2-14-10(13)7-3-6-4-9(11)12-5-8(6)15-7/h3-5H,2H2,1H3. The Labute approximate surface area is 95.6 Å². The van der Waals surface area contributed by atoms with Crippen LogP contribution in [0.4, 0.5) is 0 Å². The van der Waals surface area contributed by atoms with Crippen molar-refractivity contribution < 1.29 is 9.53 Å². The molecule has 0 amide bonds. The molecule has 2 aromatic rings.